The molecule has 3 heteroatoms. The minimum absolute atomic E-state index is 0.0723. The van der Waals surface area contributed by atoms with Crippen LogP contribution in [-0.4, -0.2) is 11.1 Å². The van der Waals surface area contributed by atoms with Crippen LogP contribution in [0.2, 0.25) is 0 Å². The quantitative estimate of drug-likeness (QED) is 0.715. The maximum atomic E-state index is 12.8. The molecule has 1 unspecified atom stereocenters. The van der Waals surface area contributed by atoms with Crippen LogP contribution >= 0.6 is 0 Å². The van der Waals surface area contributed by atoms with Crippen LogP contribution in [0.5, 0.6) is 5.75 Å². The van der Waals surface area contributed by atoms with Crippen molar-refractivity contribution in [2.45, 2.75) is 19.5 Å². The number of halogens is 1. The summed E-state index contributed by atoms with van der Waals surface area (Å²) in [7, 11) is 0. The molecule has 0 aromatic heterocycles. The van der Waals surface area contributed by atoms with E-state index in [0.29, 0.717) is 12.1 Å². The third-order valence-electron chi connectivity index (χ3n) is 1.89. The van der Waals surface area contributed by atoms with Crippen LogP contribution in [-0.2, 0) is 6.54 Å². The Morgan fingerprint density at radius 1 is 1.64 bits per heavy atom. The molecule has 0 spiro atoms. The second-order valence-corrected chi connectivity index (χ2v) is 3.04. The molecule has 0 aliphatic heterocycles. The van der Waals surface area contributed by atoms with Gasteiger partial charge in [0.1, 0.15) is 11.6 Å². The monoisotopic (exact) mass is 193 g/mol. The number of hydrogen-bond donors (Lipinski definition) is 2. The van der Waals surface area contributed by atoms with Gasteiger partial charge in [-0.15, -0.1) is 6.42 Å². The maximum Gasteiger partial charge on any atom is 0.123 e. The minimum Gasteiger partial charge on any atom is -0.508 e. The van der Waals surface area contributed by atoms with Gasteiger partial charge in [-0.25, -0.2) is 4.39 Å². The second-order valence-electron chi connectivity index (χ2n) is 3.04. The van der Waals surface area contributed by atoms with Gasteiger partial charge in [0.25, 0.3) is 0 Å². The highest BCUT2D eigenvalue weighted by Crippen LogP contribution is 2.17. The van der Waals surface area contributed by atoms with Crippen LogP contribution in [0.3, 0.4) is 0 Å². The SMILES string of the molecule is C#CC(C)NCc1cc(F)ccc1O. The standard InChI is InChI=1S/C11H12FNO/c1-3-8(2)13-7-9-6-10(12)4-5-11(9)14/h1,4-6,8,13-14H,7H2,2H3. The van der Waals surface area contributed by atoms with Gasteiger partial charge in [0.05, 0.1) is 6.04 Å². The van der Waals surface area contributed by atoms with Gasteiger partial charge < -0.3 is 5.11 Å². The highest BCUT2D eigenvalue weighted by molar-refractivity contribution is 5.32. The molecule has 74 valence electrons. The number of aromatic hydroxyl groups is 1. The molecule has 2 N–H and O–H groups in total. The van der Waals surface area contributed by atoms with E-state index in [4.69, 9.17) is 6.42 Å². The van der Waals surface area contributed by atoms with Gasteiger partial charge in [-0.3, -0.25) is 5.32 Å². The van der Waals surface area contributed by atoms with E-state index >= 15 is 0 Å². The molecule has 1 rings (SSSR count). The first-order chi connectivity index (χ1) is 6.63. The predicted octanol–water partition coefficient (Wildman–Crippen LogP) is 1.64. The Morgan fingerprint density at radius 2 is 2.36 bits per heavy atom. The van der Waals surface area contributed by atoms with Crippen LogP contribution in [0.4, 0.5) is 4.39 Å². The summed E-state index contributed by atoms with van der Waals surface area (Å²) in [5, 5.41) is 12.3. The zero-order chi connectivity index (χ0) is 10.6. The lowest BCUT2D eigenvalue weighted by atomic mass is 10.2. The van der Waals surface area contributed by atoms with E-state index in [1.807, 2.05) is 6.92 Å². The number of phenolic OH excluding ortho intramolecular Hbond substituents is 1. The number of rotatable bonds is 3. The van der Waals surface area contributed by atoms with Crippen LogP contribution in [0.15, 0.2) is 18.2 Å². The van der Waals surface area contributed by atoms with E-state index in [1.165, 1.54) is 18.2 Å². The largest absolute Gasteiger partial charge is 0.508 e. The molecule has 0 aliphatic carbocycles. The van der Waals surface area contributed by atoms with Gasteiger partial charge in [0, 0.05) is 12.1 Å². The fourth-order valence-corrected chi connectivity index (χ4v) is 1.02. The van der Waals surface area contributed by atoms with Crippen molar-refractivity contribution in [3.8, 4) is 18.1 Å². The Labute approximate surface area is 82.8 Å². The van der Waals surface area contributed by atoms with E-state index < -0.39 is 0 Å². The van der Waals surface area contributed by atoms with Crippen molar-refractivity contribution in [2.75, 3.05) is 0 Å². The molecule has 1 aromatic carbocycles. The maximum absolute atomic E-state index is 12.8. The highest BCUT2D eigenvalue weighted by Gasteiger charge is 2.03. The average molecular weight is 193 g/mol. The zero-order valence-electron chi connectivity index (χ0n) is 7.92. The van der Waals surface area contributed by atoms with Gasteiger partial charge in [-0.1, -0.05) is 5.92 Å². The lowest BCUT2D eigenvalue weighted by Gasteiger charge is -2.08. The summed E-state index contributed by atoms with van der Waals surface area (Å²) in [4.78, 5) is 0. The van der Waals surface area contributed by atoms with Gasteiger partial charge in [-0.2, -0.15) is 0 Å². The second kappa shape index (κ2) is 4.64. The Kier molecular flexibility index (Phi) is 3.49. The van der Waals surface area contributed by atoms with E-state index in [-0.39, 0.29) is 17.6 Å². The normalized spacial score (nSPS) is 12.1. The molecule has 0 saturated carbocycles. The number of phenols is 1. The van der Waals surface area contributed by atoms with Gasteiger partial charge in [0.2, 0.25) is 0 Å². The number of hydrogen-bond acceptors (Lipinski definition) is 2. The molecule has 0 radical (unpaired) electrons. The third-order valence-corrected chi connectivity index (χ3v) is 1.89. The van der Waals surface area contributed by atoms with Crippen molar-refractivity contribution in [1.29, 1.82) is 0 Å². The molecule has 0 saturated heterocycles. The van der Waals surface area contributed by atoms with Crippen molar-refractivity contribution in [2.24, 2.45) is 0 Å². The Hall–Kier alpha value is -1.53. The van der Waals surface area contributed by atoms with Crippen LogP contribution < -0.4 is 5.32 Å². The lowest BCUT2D eigenvalue weighted by molar-refractivity contribution is 0.460. The molecular formula is C11H12FNO. The van der Waals surface area contributed by atoms with E-state index in [1.54, 1.807) is 0 Å². The molecule has 1 atom stereocenters. The topological polar surface area (TPSA) is 32.3 Å². The summed E-state index contributed by atoms with van der Waals surface area (Å²) in [6.45, 7) is 2.17. The molecule has 2 nitrogen and oxygen atoms in total. The Balaban J connectivity index is 2.67. The van der Waals surface area contributed by atoms with Crippen molar-refractivity contribution in [3.05, 3.63) is 29.6 Å². The number of terminal acetylenes is 1. The average Bonchev–Trinajstić information content (AvgIpc) is 2.19. The Bertz CT molecular complexity index is 357. The smallest absolute Gasteiger partial charge is 0.123 e. The predicted molar refractivity (Wildman–Crippen MR) is 53.2 cm³/mol. The number of nitrogens with one attached hydrogen (secondary N) is 1. The van der Waals surface area contributed by atoms with E-state index in [0.717, 1.165) is 0 Å². The van der Waals surface area contributed by atoms with Gasteiger partial charge in [0.15, 0.2) is 0 Å². The first-order valence-corrected chi connectivity index (χ1v) is 4.30. The summed E-state index contributed by atoms with van der Waals surface area (Å²) in [6, 6.07) is 3.72. The zero-order valence-corrected chi connectivity index (χ0v) is 7.92. The van der Waals surface area contributed by atoms with Crippen molar-refractivity contribution in [1.82, 2.24) is 5.32 Å². The molecule has 0 amide bonds. The van der Waals surface area contributed by atoms with Gasteiger partial charge in [-0.05, 0) is 25.1 Å². The summed E-state index contributed by atoms with van der Waals surface area (Å²) in [6.07, 6.45) is 5.16. The van der Waals surface area contributed by atoms with E-state index in [9.17, 15) is 9.50 Å². The number of benzene rings is 1. The van der Waals surface area contributed by atoms with Crippen LogP contribution in [0, 0.1) is 18.2 Å². The summed E-state index contributed by atoms with van der Waals surface area (Å²) < 4.78 is 12.8. The van der Waals surface area contributed by atoms with Crippen molar-refractivity contribution in [3.63, 3.8) is 0 Å². The minimum atomic E-state index is -0.368. The molecule has 0 bridgehead atoms. The molecular weight excluding hydrogens is 181 g/mol. The fourth-order valence-electron chi connectivity index (χ4n) is 1.02. The molecule has 14 heavy (non-hydrogen) atoms. The van der Waals surface area contributed by atoms with Crippen LogP contribution in [0.1, 0.15) is 12.5 Å². The van der Waals surface area contributed by atoms with Crippen molar-refractivity contribution < 1.29 is 9.50 Å². The van der Waals surface area contributed by atoms with Gasteiger partial charge >= 0.3 is 0 Å². The van der Waals surface area contributed by atoms with Crippen LogP contribution in [0.25, 0.3) is 0 Å². The first-order valence-electron chi connectivity index (χ1n) is 4.30. The lowest BCUT2D eigenvalue weighted by Crippen LogP contribution is -2.23. The van der Waals surface area contributed by atoms with E-state index in [2.05, 4.69) is 11.2 Å². The Morgan fingerprint density at radius 3 is 3.00 bits per heavy atom. The molecule has 0 aliphatic rings. The fraction of sp³-hybridized carbons (Fsp3) is 0.273. The summed E-state index contributed by atoms with van der Waals surface area (Å²) in [5.74, 6) is 2.19. The van der Waals surface area contributed by atoms with Crippen molar-refractivity contribution >= 4 is 0 Å². The molecule has 1 aromatic rings. The molecule has 0 heterocycles. The highest BCUT2D eigenvalue weighted by atomic mass is 19.1. The first kappa shape index (κ1) is 10.6. The summed E-state index contributed by atoms with van der Waals surface area (Å²) in [5.41, 5.74) is 0.507. The third kappa shape index (κ3) is 2.75. The molecule has 0 fully saturated rings. The summed E-state index contributed by atoms with van der Waals surface area (Å²) >= 11 is 0.